The van der Waals surface area contributed by atoms with E-state index in [4.69, 9.17) is 37.9 Å². The molecule has 0 aromatic carbocycles. The molecule has 3 heterocycles. The fourth-order valence-electron chi connectivity index (χ4n) is 4.48. The van der Waals surface area contributed by atoms with Crippen molar-refractivity contribution >= 4 is 30.3 Å². The van der Waals surface area contributed by atoms with Gasteiger partial charge in [0.1, 0.15) is 0 Å². The number of nitrogens with two attached hydrogens (primary N) is 4. The molecule has 1 aromatic rings. The van der Waals surface area contributed by atoms with Crippen LogP contribution >= 0.6 is 12.4 Å². The fraction of sp³-hybridized carbons (Fsp3) is 0.842. The van der Waals surface area contributed by atoms with Crippen molar-refractivity contribution in [3.05, 3.63) is 0 Å². The summed E-state index contributed by atoms with van der Waals surface area (Å²) in [5, 5.41) is 0. The lowest BCUT2D eigenvalue weighted by atomic mass is 10.0. The summed E-state index contributed by atoms with van der Waals surface area (Å²) in [6.45, 7) is 11.3. The van der Waals surface area contributed by atoms with Crippen LogP contribution in [0.15, 0.2) is 0 Å². The Morgan fingerprint density at radius 1 is 0.700 bits per heavy atom. The third-order valence-corrected chi connectivity index (χ3v) is 5.54. The molecule has 3 rings (SSSR count). The molecule has 0 spiro atoms. The van der Waals surface area contributed by atoms with Crippen molar-refractivity contribution < 1.29 is 0 Å². The van der Waals surface area contributed by atoms with Crippen LogP contribution in [0.2, 0.25) is 0 Å². The Balaban J connectivity index is 0.00000320. The minimum absolute atomic E-state index is 0. The van der Waals surface area contributed by atoms with Gasteiger partial charge >= 0.3 is 0 Å². The lowest BCUT2D eigenvalue weighted by Crippen LogP contribution is -2.54. The minimum atomic E-state index is 0. The van der Waals surface area contributed by atoms with Crippen LogP contribution in [0.1, 0.15) is 40.5 Å². The summed E-state index contributed by atoms with van der Waals surface area (Å²) in [5.74, 6) is 1.90. The number of halogens is 1. The van der Waals surface area contributed by atoms with E-state index < -0.39 is 0 Å². The topological polar surface area (TPSA) is 152 Å². The molecule has 1 aromatic heterocycles. The lowest BCUT2D eigenvalue weighted by molar-refractivity contribution is 0.440. The normalized spacial score (nSPS) is 27.4. The first-order chi connectivity index (χ1) is 13.6. The summed E-state index contributed by atoms with van der Waals surface area (Å²) < 4.78 is 0. The molecule has 10 nitrogen and oxygen atoms in total. The average molecular weight is 443 g/mol. The second-order valence-corrected chi connectivity index (χ2v) is 9.15. The van der Waals surface area contributed by atoms with E-state index >= 15 is 0 Å². The molecule has 8 N–H and O–H groups in total. The van der Waals surface area contributed by atoms with Gasteiger partial charge in [-0.2, -0.15) is 15.0 Å². The molecule has 2 saturated heterocycles. The van der Waals surface area contributed by atoms with Crippen molar-refractivity contribution in [3.63, 3.8) is 0 Å². The molecule has 30 heavy (non-hydrogen) atoms. The van der Waals surface area contributed by atoms with E-state index in [1.165, 1.54) is 0 Å². The smallest absolute Gasteiger partial charge is 0.232 e. The van der Waals surface area contributed by atoms with Crippen LogP contribution in [0.4, 0.5) is 17.8 Å². The Bertz CT molecular complexity index is 615. The zero-order valence-electron chi connectivity index (χ0n) is 18.6. The summed E-state index contributed by atoms with van der Waals surface area (Å²) in [5.41, 5.74) is 24.9. The molecule has 0 radical (unpaired) electrons. The van der Waals surface area contributed by atoms with E-state index in [0.717, 1.165) is 12.8 Å². The monoisotopic (exact) mass is 442 g/mol. The van der Waals surface area contributed by atoms with Crippen LogP contribution in [-0.2, 0) is 0 Å². The second kappa shape index (κ2) is 10.2. The van der Waals surface area contributed by atoms with Gasteiger partial charge in [-0.15, -0.1) is 12.4 Å². The first kappa shape index (κ1) is 24.8. The third-order valence-electron chi connectivity index (χ3n) is 5.54. The molecule has 172 valence electrons. The van der Waals surface area contributed by atoms with Crippen molar-refractivity contribution in [3.8, 4) is 0 Å². The van der Waals surface area contributed by atoms with Crippen LogP contribution in [0.25, 0.3) is 0 Å². The zero-order valence-corrected chi connectivity index (χ0v) is 19.4. The SMILES string of the molecule is CC(C)N(c1nc(N2C[C@H](N)C[C@H](N)C2)nc(N2C[C@H](N)C[C@H](N)C2)n1)C(C)C.Cl. The van der Waals surface area contributed by atoms with E-state index in [9.17, 15) is 0 Å². The lowest BCUT2D eigenvalue weighted by Gasteiger charge is -2.38. The minimum Gasteiger partial charge on any atom is -0.338 e. The molecule has 4 atom stereocenters. The summed E-state index contributed by atoms with van der Waals surface area (Å²) in [6, 6.07) is 0.511. The Kier molecular flexibility index (Phi) is 8.46. The number of nitrogens with zero attached hydrogens (tertiary/aromatic N) is 6. The highest BCUT2D eigenvalue weighted by Crippen LogP contribution is 2.25. The molecule has 0 bridgehead atoms. The van der Waals surface area contributed by atoms with Crippen LogP contribution in [-0.4, -0.2) is 77.4 Å². The van der Waals surface area contributed by atoms with Crippen molar-refractivity contribution in [2.24, 2.45) is 22.9 Å². The highest BCUT2D eigenvalue weighted by molar-refractivity contribution is 5.85. The van der Waals surface area contributed by atoms with Gasteiger partial charge in [0, 0.05) is 62.4 Å². The molecule has 2 aliphatic rings. The van der Waals surface area contributed by atoms with E-state index in [1.807, 2.05) is 0 Å². The van der Waals surface area contributed by atoms with Gasteiger partial charge < -0.3 is 37.6 Å². The number of rotatable bonds is 5. The molecule has 2 fully saturated rings. The van der Waals surface area contributed by atoms with Gasteiger partial charge in [-0.25, -0.2) is 0 Å². The first-order valence-electron chi connectivity index (χ1n) is 10.7. The molecule has 0 saturated carbocycles. The Labute approximate surface area is 186 Å². The number of hydrogen-bond acceptors (Lipinski definition) is 10. The van der Waals surface area contributed by atoms with Gasteiger partial charge in [0.05, 0.1) is 0 Å². The van der Waals surface area contributed by atoms with Gasteiger partial charge in [0.25, 0.3) is 0 Å². The molecule has 2 aliphatic heterocycles. The maximum Gasteiger partial charge on any atom is 0.232 e. The van der Waals surface area contributed by atoms with E-state index in [-0.39, 0.29) is 48.7 Å². The summed E-state index contributed by atoms with van der Waals surface area (Å²) in [7, 11) is 0. The summed E-state index contributed by atoms with van der Waals surface area (Å²) in [6.07, 6.45) is 1.61. The quantitative estimate of drug-likeness (QED) is 0.475. The molecular weight excluding hydrogens is 404 g/mol. The first-order valence-corrected chi connectivity index (χ1v) is 10.7. The Morgan fingerprint density at radius 2 is 1.03 bits per heavy atom. The van der Waals surface area contributed by atoms with Crippen LogP contribution in [0.5, 0.6) is 0 Å². The van der Waals surface area contributed by atoms with Gasteiger partial charge in [0.15, 0.2) is 0 Å². The van der Waals surface area contributed by atoms with Crippen LogP contribution in [0, 0.1) is 0 Å². The van der Waals surface area contributed by atoms with Gasteiger partial charge in [0.2, 0.25) is 17.8 Å². The van der Waals surface area contributed by atoms with Crippen molar-refractivity contribution in [1.82, 2.24) is 15.0 Å². The van der Waals surface area contributed by atoms with E-state index in [2.05, 4.69) is 42.4 Å². The zero-order chi connectivity index (χ0) is 21.3. The maximum absolute atomic E-state index is 6.22. The molecule has 0 unspecified atom stereocenters. The largest absolute Gasteiger partial charge is 0.338 e. The van der Waals surface area contributed by atoms with Crippen LogP contribution in [0.3, 0.4) is 0 Å². The Hall–Kier alpha value is -1.46. The molecule has 11 heteroatoms. The number of hydrogen-bond donors (Lipinski definition) is 4. The van der Waals surface area contributed by atoms with Crippen molar-refractivity contribution in [2.45, 2.75) is 76.8 Å². The fourth-order valence-corrected chi connectivity index (χ4v) is 4.48. The third kappa shape index (κ3) is 5.82. The molecule has 0 aliphatic carbocycles. The van der Waals surface area contributed by atoms with E-state index in [0.29, 0.717) is 44.0 Å². The summed E-state index contributed by atoms with van der Waals surface area (Å²) in [4.78, 5) is 20.8. The average Bonchev–Trinajstić information content (AvgIpc) is 2.59. The standard InChI is InChI=1S/C19H38N10.ClH/c1-11(2)29(12(3)4)19-25-17(27-7-13(20)5-14(21)8-27)24-18(26-19)28-9-15(22)6-16(23)10-28;/h11-16H,5-10,20-23H2,1-4H3;1H/t13-,14+,15-,16+;. The highest BCUT2D eigenvalue weighted by atomic mass is 35.5. The maximum atomic E-state index is 6.22. The number of aromatic nitrogens is 3. The number of anilines is 3. The predicted molar refractivity (Wildman–Crippen MR) is 125 cm³/mol. The molecular formula is C19H39ClN10. The van der Waals surface area contributed by atoms with E-state index in [1.54, 1.807) is 0 Å². The molecule has 0 amide bonds. The predicted octanol–water partition coefficient (Wildman–Crippen LogP) is -0.354. The highest BCUT2D eigenvalue weighted by Gasteiger charge is 2.30. The van der Waals surface area contributed by atoms with Gasteiger partial charge in [-0.3, -0.25) is 0 Å². The number of piperidine rings is 2. The second-order valence-electron chi connectivity index (χ2n) is 9.15. The van der Waals surface area contributed by atoms with Gasteiger partial charge in [-0.05, 0) is 40.5 Å². The summed E-state index contributed by atoms with van der Waals surface area (Å²) >= 11 is 0. The van der Waals surface area contributed by atoms with Crippen molar-refractivity contribution in [2.75, 3.05) is 40.9 Å². The Morgan fingerprint density at radius 3 is 1.33 bits per heavy atom. The van der Waals surface area contributed by atoms with Crippen molar-refractivity contribution in [1.29, 1.82) is 0 Å². The van der Waals surface area contributed by atoms with Gasteiger partial charge in [-0.1, -0.05) is 0 Å². The van der Waals surface area contributed by atoms with Crippen LogP contribution < -0.4 is 37.6 Å².